The van der Waals surface area contributed by atoms with Crippen LogP contribution in [0.3, 0.4) is 0 Å². The van der Waals surface area contributed by atoms with Gasteiger partial charge in [0, 0.05) is 30.3 Å². The zero-order chi connectivity index (χ0) is 15.7. The molecule has 0 bridgehead atoms. The molecule has 2 heterocycles. The Hall–Kier alpha value is -2.05. The van der Waals surface area contributed by atoms with Crippen LogP contribution in [0.5, 0.6) is 11.5 Å². The largest absolute Gasteiger partial charge is 0.496 e. The number of aryl methyl sites for hydroxylation is 1. The minimum absolute atomic E-state index is 0.510. The zero-order valence-electron chi connectivity index (χ0n) is 13.0. The first-order valence-corrected chi connectivity index (χ1v) is 7.18. The maximum absolute atomic E-state index is 10.5. The Morgan fingerprint density at radius 3 is 2.68 bits per heavy atom. The molecule has 0 radical (unpaired) electrons. The van der Waals surface area contributed by atoms with Gasteiger partial charge in [0.25, 0.3) is 0 Å². The predicted octanol–water partition coefficient (Wildman–Crippen LogP) is 2.05. The molecule has 6 nitrogen and oxygen atoms in total. The average Bonchev–Trinajstić information content (AvgIpc) is 2.91. The monoisotopic (exact) mass is 304 g/mol. The number of hydrogen-bond acceptors (Lipinski definition) is 6. The van der Waals surface area contributed by atoms with E-state index in [1.54, 1.807) is 14.2 Å². The highest BCUT2D eigenvalue weighted by atomic mass is 16.5. The summed E-state index contributed by atoms with van der Waals surface area (Å²) in [6.45, 7) is 3.65. The van der Waals surface area contributed by atoms with Crippen molar-refractivity contribution in [1.29, 1.82) is 0 Å². The van der Waals surface area contributed by atoms with Gasteiger partial charge in [-0.15, -0.1) is 0 Å². The van der Waals surface area contributed by atoms with Crippen LogP contribution in [0, 0.1) is 6.92 Å². The van der Waals surface area contributed by atoms with Crippen molar-refractivity contribution in [3.8, 4) is 11.5 Å². The van der Waals surface area contributed by atoms with Crippen LogP contribution < -0.4 is 9.47 Å². The molecule has 0 saturated heterocycles. The highest BCUT2D eigenvalue weighted by Crippen LogP contribution is 2.39. The summed E-state index contributed by atoms with van der Waals surface area (Å²) in [6, 6.07) is 5.60. The first kappa shape index (κ1) is 14.9. The van der Waals surface area contributed by atoms with E-state index in [0.29, 0.717) is 25.4 Å². The molecule has 3 rings (SSSR count). The van der Waals surface area contributed by atoms with Gasteiger partial charge >= 0.3 is 0 Å². The fraction of sp³-hybridized carbons (Fsp3) is 0.438. The van der Waals surface area contributed by atoms with Gasteiger partial charge in [-0.25, -0.2) is 0 Å². The number of ether oxygens (including phenoxy) is 2. The van der Waals surface area contributed by atoms with Gasteiger partial charge in [-0.05, 0) is 19.1 Å². The van der Waals surface area contributed by atoms with Gasteiger partial charge in [0.1, 0.15) is 11.5 Å². The molecule has 0 amide bonds. The van der Waals surface area contributed by atoms with E-state index in [2.05, 4.69) is 10.1 Å². The summed E-state index contributed by atoms with van der Waals surface area (Å²) in [4.78, 5) is 2.11. The predicted molar refractivity (Wildman–Crippen MR) is 79.9 cm³/mol. The fourth-order valence-corrected chi connectivity index (χ4v) is 2.98. The normalized spacial score (nSPS) is 18.1. The lowest BCUT2D eigenvalue weighted by atomic mass is 9.95. The van der Waals surface area contributed by atoms with Crippen molar-refractivity contribution in [2.45, 2.75) is 26.1 Å². The molecular formula is C16H20N2O4. The second-order valence-electron chi connectivity index (χ2n) is 5.48. The van der Waals surface area contributed by atoms with Crippen LogP contribution in [0.1, 0.15) is 28.7 Å². The molecule has 1 unspecified atom stereocenters. The van der Waals surface area contributed by atoms with Gasteiger partial charge < -0.3 is 19.1 Å². The number of aromatic nitrogens is 1. The van der Waals surface area contributed by atoms with Crippen LogP contribution in [0.25, 0.3) is 0 Å². The van der Waals surface area contributed by atoms with Gasteiger partial charge in [0.05, 0.1) is 32.6 Å². The number of hydrogen-bond donors (Lipinski definition) is 1. The van der Waals surface area contributed by atoms with E-state index in [4.69, 9.17) is 14.0 Å². The van der Waals surface area contributed by atoms with Crippen molar-refractivity contribution < 1.29 is 19.1 Å². The highest BCUT2D eigenvalue weighted by Gasteiger charge is 2.30. The van der Waals surface area contributed by atoms with E-state index in [0.717, 1.165) is 28.3 Å². The Bertz CT molecular complexity index is 668. The van der Waals surface area contributed by atoms with Crippen molar-refractivity contribution in [2.24, 2.45) is 0 Å². The molecule has 1 aromatic heterocycles. The molecular weight excluding hydrogens is 284 g/mol. The standard InChI is InChI=1S/C16H20N2O4/c1-10-6-11(22-17-10)7-18-8-12-14(20-2)4-5-15(21-3)16(12)13(19)9-18/h4-6,13,19H,7-9H2,1-3H3. The van der Waals surface area contributed by atoms with Crippen molar-refractivity contribution in [3.63, 3.8) is 0 Å². The summed E-state index contributed by atoms with van der Waals surface area (Å²) >= 11 is 0. The molecule has 1 aliphatic heterocycles. The number of rotatable bonds is 4. The number of benzene rings is 1. The Morgan fingerprint density at radius 1 is 1.32 bits per heavy atom. The molecule has 1 aromatic carbocycles. The molecule has 1 N–H and O–H groups in total. The topological polar surface area (TPSA) is 68.0 Å². The third-order valence-corrected chi connectivity index (χ3v) is 3.92. The van der Waals surface area contributed by atoms with Gasteiger partial charge in [-0.2, -0.15) is 0 Å². The Kier molecular flexibility index (Phi) is 4.04. The van der Waals surface area contributed by atoms with Gasteiger partial charge in [0.2, 0.25) is 0 Å². The number of β-amino-alcohol motifs (C(OH)–C–C–N with tert-alkyl or cyclic N) is 1. The van der Waals surface area contributed by atoms with Crippen LogP contribution >= 0.6 is 0 Å². The number of aliphatic hydroxyl groups is 1. The minimum Gasteiger partial charge on any atom is -0.496 e. The quantitative estimate of drug-likeness (QED) is 0.932. The summed E-state index contributed by atoms with van der Waals surface area (Å²) < 4.78 is 16.1. The Morgan fingerprint density at radius 2 is 2.05 bits per heavy atom. The van der Waals surface area contributed by atoms with E-state index in [9.17, 15) is 5.11 Å². The summed E-state index contributed by atoms with van der Waals surface area (Å²) in [6.07, 6.45) is -0.627. The van der Waals surface area contributed by atoms with Crippen LogP contribution in [0.15, 0.2) is 22.7 Å². The zero-order valence-corrected chi connectivity index (χ0v) is 13.0. The second kappa shape index (κ2) is 5.98. The molecule has 1 atom stereocenters. The molecule has 118 valence electrons. The van der Waals surface area contributed by atoms with Gasteiger partial charge in [0.15, 0.2) is 5.76 Å². The van der Waals surface area contributed by atoms with E-state index >= 15 is 0 Å². The molecule has 0 spiro atoms. The van der Waals surface area contributed by atoms with Crippen LogP contribution in [0.2, 0.25) is 0 Å². The third-order valence-electron chi connectivity index (χ3n) is 3.92. The van der Waals surface area contributed by atoms with Crippen molar-refractivity contribution in [3.05, 3.63) is 40.8 Å². The first-order valence-electron chi connectivity index (χ1n) is 7.18. The first-order chi connectivity index (χ1) is 10.6. The molecule has 1 aliphatic rings. The molecule has 0 saturated carbocycles. The molecule has 0 fully saturated rings. The SMILES string of the molecule is COc1ccc(OC)c2c1CN(Cc1cc(C)no1)CC2O. The van der Waals surface area contributed by atoms with Gasteiger partial charge in [-0.1, -0.05) is 5.16 Å². The highest BCUT2D eigenvalue weighted by molar-refractivity contribution is 5.51. The van der Waals surface area contributed by atoms with Crippen LogP contribution in [-0.2, 0) is 13.1 Å². The lowest BCUT2D eigenvalue weighted by Crippen LogP contribution is -2.33. The van der Waals surface area contributed by atoms with E-state index in [1.165, 1.54) is 0 Å². The van der Waals surface area contributed by atoms with E-state index < -0.39 is 6.10 Å². The fourth-order valence-electron chi connectivity index (χ4n) is 2.98. The Labute approximate surface area is 129 Å². The maximum atomic E-state index is 10.5. The van der Waals surface area contributed by atoms with E-state index in [-0.39, 0.29) is 0 Å². The second-order valence-corrected chi connectivity index (χ2v) is 5.48. The van der Waals surface area contributed by atoms with Crippen molar-refractivity contribution in [1.82, 2.24) is 10.1 Å². The number of fused-ring (bicyclic) bond motifs is 1. The van der Waals surface area contributed by atoms with Crippen molar-refractivity contribution >= 4 is 0 Å². The minimum atomic E-state index is -0.627. The van der Waals surface area contributed by atoms with Crippen LogP contribution in [-0.4, -0.2) is 35.9 Å². The maximum Gasteiger partial charge on any atom is 0.150 e. The smallest absolute Gasteiger partial charge is 0.150 e. The van der Waals surface area contributed by atoms with E-state index in [1.807, 2.05) is 25.1 Å². The van der Waals surface area contributed by atoms with Gasteiger partial charge in [-0.3, -0.25) is 4.90 Å². The molecule has 0 aliphatic carbocycles. The van der Waals surface area contributed by atoms with Crippen molar-refractivity contribution in [2.75, 3.05) is 20.8 Å². The summed E-state index contributed by atoms with van der Waals surface area (Å²) in [7, 11) is 3.24. The number of aliphatic hydroxyl groups excluding tert-OH is 1. The summed E-state index contributed by atoms with van der Waals surface area (Å²) in [5.74, 6) is 2.24. The average molecular weight is 304 g/mol. The lowest BCUT2D eigenvalue weighted by Gasteiger charge is -2.33. The van der Waals surface area contributed by atoms with Crippen LogP contribution in [0.4, 0.5) is 0 Å². The lowest BCUT2D eigenvalue weighted by molar-refractivity contribution is 0.0790. The third kappa shape index (κ3) is 2.67. The molecule has 2 aromatic rings. The summed E-state index contributed by atoms with van der Waals surface area (Å²) in [5, 5.41) is 14.4. The summed E-state index contributed by atoms with van der Waals surface area (Å²) in [5.41, 5.74) is 2.62. The Balaban J connectivity index is 1.90. The molecule has 6 heteroatoms. The molecule has 22 heavy (non-hydrogen) atoms. The number of nitrogens with zero attached hydrogens (tertiary/aromatic N) is 2. The number of methoxy groups -OCH3 is 2.